The molecule has 0 unspecified atom stereocenters. The summed E-state index contributed by atoms with van der Waals surface area (Å²) in [5.41, 5.74) is 3.48. The summed E-state index contributed by atoms with van der Waals surface area (Å²) in [6.45, 7) is 0. The van der Waals surface area contributed by atoms with E-state index < -0.39 is 0 Å². The third-order valence-corrected chi connectivity index (χ3v) is 3.81. The second-order valence-corrected chi connectivity index (χ2v) is 5.52. The van der Waals surface area contributed by atoms with Crippen LogP contribution in [0.2, 0.25) is 0 Å². The van der Waals surface area contributed by atoms with E-state index in [-0.39, 0.29) is 5.82 Å². The van der Waals surface area contributed by atoms with Crippen molar-refractivity contribution in [2.45, 2.75) is 38.5 Å². The van der Waals surface area contributed by atoms with Gasteiger partial charge in [0.1, 0.15) is 5.82 Å². The highest BCUT2D eigenvalue weighted by molar-refractivity contribution is 5.63. The Balaban J connectivity index is 1.76. The summed E-state index contributed by atoms with van der Waals surface area (Å²) in [6.07, 6.45) is 8.67. The van der Waals surface area contributed by atoms with E-state index in [2.05, 4.69) is 24.3 Å². The molecule has 2 aromatic rings. The van der Waals surface area contributed by atoms with Gasteiger partial charge in [0.05, 0.1) is 6.33 Å². The Kier molecular flexibility index (Phi) is 6.82. The van der Waals surface area contributed by atoms with Crippen LogP contribution in [0.1, 0.15) is 37.7 Å². The lowest BCUT2D eigenvalue weighted by atomic mass is 10.0. The van der Waals surface area contributed by atoms with Crippen molar-refractivity contribution in [3.63, 3.8) is 0 Å². The molecule has 0 spiro atoms. The molecule has 0 amide bonds. The Morgan fingerprint density at radius 1 is 0.727 bits per heavy atom. The predicted molar refractivity (Wildman–Crippen MR) is 88.9 cm³/mol. The van der Waals surface area contributed by atoms with E-state index in [0.717, 1.165) is 43.2 Å². The van der Waals surface area contributed by atoms with Crippen molar-refractivity contribution in [1.82, 2.24) is 0 Å². The number of unbranched alkanes of at least 4 members (excludes halogenated alkanes) is 4. The maximum absolute atomic E-state index is 12.9. The maximum atomic E-state index is 12.9. The van der Waals surface area contributed by atoms with Crippen LogP contribution in [0.3, 0.4) is 0 Å². The van der Waals surface area contributed by atoms with Crippen LogP contribution in [-0.2, 0) is 6.42 Å². The molecule has 0 radical (unpaired) electrons. The zero-order valence-electron chi connectivity index (χ0n) is 12.8. The largest absolute Gasteiger partial charge is 0.216 e. The van der Waals surface area contributed by atoms with Gasteiger partial charge in [-0.25, -0.2) is 8.78 Å². The molecule has 0 heterocycles. The lowest BCUT2D eigenvalue weighted by Gasteiger charge is -2.05. The topological polar surface area (TPSA) is 0 Å². The Morgan fingerprint density at radius 3 is 1.95 bits per heavy atom. The molecule has 0 aliphatic rings. The van der Waals surface area contributed by atoms with E-state index in [4.69, 9.17) is 0 Å². The fourth-order valence-electron chi connectivity index (χ4n) is 2.51. The summed E-state index contributed by atoms with van der Waals surface area (Å²) in [5, 5.41) is 0. The predicted octanol–water partition coefficient (Wildman–Crippen LogP) is 6.47. The number of aryl methyl sites for hydroxylation is 1. The second-order valence-electron chi connectivity index (χ2n) is 5.52. The van der Waals surface area contributed by atoms with Crippen molar-refractivity contribution >= 4 is 0 Å². The van der Waals surface area contributed by atoms with Crippen LogP contribution in [-0.4, -0.2) is 0 Å². The summed E-state index contributed by atoms with van der Waals surface area (Å²) in [5.74, 6) is -0.206. The quantitative estimate of drug-likeness (QED) is 0.490. The first-order valence-electron chi connectivity index (χ1n) is 7.90. The number of benzene rings is 2. The van der Waals surface area contributed by atoms with Gasteiger partial charge in [-0.2, -0.15) is 0 Å². The molecule has 0 nitrogen and oxygen atoms in total. The minimum Gasteiger partial charge on any atom is -0.216 e. The van der Waals surface area contributed by atoms with Crippen LogP contribution in [0, 0.1) is 5.82 Å². The van der Waals surface area contributed by atoms with Gasteiger partial charge < -0.3 is 0 Å². The fraction of sp³-hybridized carbons (Fsp3) is 0.300. The Labute approximate surface area is 131 Å². The highest BCUT2D eigenvalue weighted by Gasteiger charge is 1.99. The first-order valence-corrected chi connectivity index (χ1v) is 7.90. The molecule has 0 saturated heterocycles. The molecule has 0 saturated carbocycles. The van der Waals surface area contributed by atoms with E-state index in [0.29, 0.717) is 6.33 Å². The van der Waals surface area contributed by atoms with Gasteiger partial charge in [-0.05, 0) is 54.5 Å². The molecule has 2 aromatic carbocycles. The van der Waals surface area contributed by atoms with Crippen LogP contribution >= 0.6 is 0 Å². The Morgan fingerprint density at radius 2 is 1.32 bits per heavy atom. The smallest absolute Gasteiger partial charge is 0.123 e. The van der Waals surface area contributed by atoms with Crippen LogP contribution < -0.4 is 0 Å². The lowest BCUT2D eigenvalue weighted by molar-refractivity contribution is 0.628. The third kappa shape index (κ3) is 5.44. The zero-order valence-corrected chi connectivity index (χ0v) is 12.8. The molecule has 0 bridgehead atoms. The summed E-state index contributed by atoms with van der Waals surface area (Å²) in [6, 6.07) is 15.0. The molecular weight excluding hydrogens is 278 g/mol. The average Bonchev–Trinajstić information content (AvgIpc) is 2.55. The molecule has 0 fully saturated rings. The summed E-state index contributed by atoms with van der Waals surface area (Å²) < 4.78 is 24.7. The molecule has 0 aliphatic heterocycles. The van der Waals surface area contributed by atoms with E-state index in [9.17, 15) is 8.78 Å². The van der Waals surface area contributed by atoms with Crippen molar-refractivity contribution in [3.8, 4) is 11.1 Å². The zero-order chi connectivity index (χ0) is 15.6. The summed E-state index contributed by atoms with van der Waals surface area (Å²) in [4.78, 5) is 0. The Hall–Kier alpha value is -1.96. The fourth-order valence-corrected chi connectivity index (χ4v) is 2.51. The van der Waals surface area contributed by atoms with Gasteiger partial charge in [-0.1, -0.05) is 55.3 Å². The minimum atomic E-state index is -0.206. The van der Waals surface area contributed by atoms with Gasteiger partial charge in [0.2, 0.25) is 0 Å². The van der Waals surface area contributed by atoms with Crippen LogP contribution in [0.15, 0.2) is 60.9 Å². The van der Waals surface area contributed by atoms with Crippen LogP contribution in [0.4, 0.5) is 8.78 Å². The van der Waals surface area contributed by atoms with Gasteiger partial charge in [-0.3, -0.25) is 0 Å². The standard InChI is InChI=1S/C20H22F2/c21-16-6-4-2-1-3-5-7-17-8-10-18(11-9-17)19-12-14-20(22)15-13-19/h6,8-16H,1-5,7H2. The molecule has 2 heteroatoms. The van der Waals surface area contributed by atoms with Gasteiger partial charge in [0.15, 0.2) is 0 Å². The van der Waals surface area contributed by atoms with Gasteiger partial charge in [0, 0.05) is 0 Å². The van der Waals surface area contributed by atoms with E-state index in [1.807, 2.05) is 0 Å². The van der Waals surface area contributed by atoms with Gasteiger partial charge in [0.25, 0.3) is 0 Å². The SMILES string of the molecule is FC=CCCCCCCc1ccc(-c2ccc(F)cc2)cc1. The van der Waals surface area contributed by atoms with Crippen molar-refractivity contribution in [1.29, 1.82) is 0 Å². The normalized spacial score (nSPS) is 11.2. The number of allylic oxidation sites excluding steroid dienone is 1. The van der Waals surface area contributed by atoms with E-state index >= 15 is 0 Å². The molecule has 22 heavy (non-hydrogen) atoms. The summed E-state index contributed by atoms with van der Waals surface area (Å²) >= 11 is 0. The second kappa shape index (κ2) is 9.14. The summed E-state index contributed by atoms with van der Waals surface area (Å²) in [7, 11) is 0. The highest BCUT2D eigenvalue weighted by atomic mass is 19.1. The van der Waals surface area contributed by atoms with Gasteiger partial charge in [-0.15, -0.1) is 0 Å². The van der Waals surface area contributed by atoms with Crippen LogP contribution in [0.5, 0.6) is 0 Å². The van der Waals surface area contributed by atoms with Gasteiger partial charge >= 0.3 is 0 Å². The van der Waals surface area contributed by atoms with E-state index in [1.54, 1.807) is 18.2 Å². The van der Waals surface area contributed by atoms with Crippen molar-refractivity contribution in [2.24, 2.45) is 0 Å². The molecule has 0 aliphatic carbocycles. The van der Waals surface area contributed by atoms with Crippen molar-refractivity contribution in [3.05, 3.63) is 72.3 Å². The molecule has 116 valence electrons. The number of hydrogen-bond donors (Lipinski definition) is 0. The first-order chi connectivity index (χ1) is 10.8. The molecule has 0 aromatic heterocycles. The third-order valence-electron chi connectivity index (χ3n) is 3.81. The number of rotatable bonds is 8. The maximum Gasteiger partial charge on any atom is 0.123 e. The first kappa shape index (κ1) is 16.4. The monoisotopic (exact) mass is 300 g/mol. The molecular formula is C20H22F2. The molecule has 0 atom stereocenters. The molecule has 2 rings (SSSR count). The Bertz CT molecular complexity index is 568. The van der Waals surface area contributed by atoms with E-state index in [1.165, 1.54) is 24.1 Å². The van der Waals surface area contributed by atoms with Crippen molar-refractivity contribution in [2.75, 3.05) is 0 Å². The number of halogens is 2. The lowest BCUT2D eigenvalue weighted by Crippen LogP contribution is -1.87. The van der Waals surface area contributed by atoms with Crippen LogP contribution in [0.25, 0.3) is 11.1 Å². The average molecular weight is 300 g/mol. The molecule has 0 N–H and O–H groups in total. The highest BCUT2D eigenvalue weighted by Crippen LogP contribution is 2.21. The minimum absolute atomic E-state index is 0.206. The number of hydrogen-bond acceptors (Lipinski definition) is 0. The van der Waals surface area contributed by atoms with Crippen molar-refractivity contribution < 1.29 is 8.78 Å².